The number of nitrogens with zero attached hydrogens (tertiary/aromatic N) is 2. The Morgan fingerprint density at radius 2 is 2.04 bits per heavy atom. The van der Waals surface area contributed by atoms with Crippen molar-refractivity contribution in [1.29, 1.82) is 0 Å². The van der Waals surface area contributed by atoms with Gasteiger partial charge >= 0.3 is 0 Å². The van der Waals surface area contributed by atoms with Gasteiger partial charge in [-0.3, -0.25) is 0 Å². The van der Waals surface area contributed by atoms with E-state index in [2.05, 4.69) is 38.1 Å². The Morgan fingerprint density at radius 3 is 2.79 bits per heavy atom. The third kappa shape index (κ3) is 4.45. The fourth-order valence-corrected chi connectivity index (χ4v) is 2.94. The van der Waals surface area contributed by atoms with Crippen LogP contribution in [-0.4, -0.2) is 17.5 Å². The van der Waals surface area contributed by atoms with Crippen LogP contribution < -0.4 is 10.6 Å². The number of nitrogens with one attached hydrogen (secondary N) is 2. The first kappa shape index (κ1) is 16.3. The van der Waals surface area contributed by atoms with Crippen molar-refractivity contribution >= 4 is 17.3 Å². The second kappa shape index (κ2) is 8.31. The van der Waals surface area contributed by atoms with E-state index >= 15 is 0 Å². The van der Waals surface area contributed by atoms with Gasteiger partial charge in [0.2, 0.25) is 0 Å². The topological polar surface area (TPSA) is 62.5 Å². The summed E-state index contributed by atoms with van der Waals surface area (Å²) in [6.07, 6.45) is 1.66. The first-order chi connectivity index (χ1) is 11.8. The van der Waals surface area contributed by atoms with Crippen molar-refractivity contribution in [3.8, 4) is 11.3 Å². The molecule has 0 aliphatic carbocycles. The van der Waals surface area contributed by atoms with Crippen LogP contribution in [0.1, 0.15) is 17.7 Å². The van der Waals surface area contributed by atoms with Gasteiger partial charge in [0.05, 0.1) is 18.5 Å². The highest BCUT2D eigenvalue weighted by molar-refractivity contribution is 7.09. The minimum atomic E-state index is 0.509. The van der Waals surface area contributed by atoms with Gasteiger partial charge in [0.15, 0.2) is 5.96 Å². The first-order valence-corrected chi connectivity index (χ1v) is 8.77. The number of rotatable bonds is 6. The minimum Gasteiger partial charge on any atom is -0.467 e. The zero-order chi connectivity index (χ0) is 16.6. The number of hydrogen-bond acceptors (Lipinski definition) is 4. The summed E-state index contributed by atoms with van der Waals surface area (Å²) in [4.78, 5) is 9.19. The molecule has 0 saturated carbocycles. The summed E-state index contributed by atoms with van der Waals surface area (Å²) in [7, 11) is 0. The third-order valence-corrected chi connectivity index (χ3v) is 4.19. The van der Waals surface area contributed by atoms with E-state index in [1.165, 1.54) is 0 Å². The number of furan rings is 1. The van der Waals surface area contributed by atoms with E-state index in [0.717, 1.165) is 34.5 Å². The maximum Gasteiger partial charge on any atom is 0.192 e. The largest absolute Gasteiger partial charge is 0.467 e. The summed E-state index contributed by atoms with van der Waals surface area (Å²) in [5.41, 5.74) is 2.15. The van der Waals surface area contributed by atoms with Crippen molar-refractivity contribution in [3.63, 3.8) is 0 Å². The van der Waals surface area contributed by atoms with Crippen LogP contribution in [0, 0.1) is 0 Å². The molecule has 0 aliphatic rings. The minimum absolute atomic E-state index is 0.509. The lowest BCUT2D eigenvalue weighted by molar-refractivity contribution is 0.512. The summed E-state index contributed by atoms with van der Waals surface area (Å²) < 4.78 is 5.30. The van der Waals surface area contributed by atoms with Crippen molar-refractivity contribution in [2.45, 2.75) is 20.0 Å². The summed E-state index contributed by atoms with van der Waals surface area (Å²) in [6.45, 7) is 4.00. The van der Waals surface area contributed by atoms with Crippen LogP contribution in [0.4, 0.5) is 0 Å². The molecule has 0 spiro atoms. The standard InChI is InChI=1S/C18H20N4OS/c1-2-19-18(20-11-15-9-6-10-23-15)21-12-17-22-16(13-24-17)14-7-4-3-5-8-14/h3-10,13H,2,11-12H2,1H3,(H2,19,20,21). The molecule has 3 rings (SSSR count). The molecule has 0 fully saturated rings. The molecule has 6 heteroatoms. The number of hydrogen-bond donors (Lipinski definition) is 2. The van der Waals surface area contributed by atoms with Crippen LogP contribution in [-0.2, 0) is 13.1 Å². The lowest BCUT2D eigenvalue weighted by atomic mass is 10.2. The summed E-state index contributed by atoms with van der Waals surface area (Å²) in [5.74, 6) is 1.60. The number of aliphatic imine (C=N–C) groups is 1. The fraction of sp³-hybridized carbons (Fsp3) is 0.222. The van der Waals surface area contributed by atoms with Crippen LogP contribution in [0.2, 0.25) is 0 Å². The maximum atomic E-state index is 5.30. The lowest BCUT2D eigenvalue weighted by Gasteiger charge is -2.09. The molecule has 0 aliphatic heterocycles. The normalized spacial score (nSPS) is 11.5. The summed E-state index contributed by atoms with van der Waals surface area (Å²) >= 11 is 1.65. The first-order valence-electron chi connectivity index (χ1n) is 7.89. The molecule has 0 unspecified atom stereocenters. The van der Waals surface area contributed by atoms with Gasteiger partial charge in [-0.05, 0) is 19.1 Å². The number of thiazole rings is 1. The van der Waals surface area contributed by atoms with Gasteiger partial charge in [-0.2, -0.15) is 0 Å². The quantitative estimate of drug-likeness (QED) is 0.531. The van der Waals surface area contributed by atoms with E-state index in [0.29, 0.717) is 13.1 Å². The smallest absolute Gasteiger partial charge is 0.192 e. The molecule has 5 nitrogen and oxygen atoms in total. The van der Waals surface area contributed by atoms with Crippen molar-refractivity contribution in [2.75, 3.05) is 6.54 Å². The van der Waals surface area contributed by atoms with Crippen molar-refractivity contribution < 1.29 is 4.42 Å². The van der Waals surface area contributed by atoms with Crippen LogP contribution >= 0.6 is 11.3 Å². The molecule has 24 heavy (non-hydrogen) atoms. The van der Waals surface area contributed by atoms with E-state index in [-0.39, 0.29) is 0 Å². The van der Waals surface area contributed by atoms with Gasteiger partial charge in [0.25, 0.3) is 0 Å². The molecular formula is C18H20N4OS. The van der Waals surface area contributed by atoms with Gasteiger partial charge in [-0.15, -0.1) is 11.3 Å². The van der Waals surface area contributed by atoms with Crippen LogP contribution in [0.3, 0.4) is 0 Å². The molecule has 0 saturated heterocycles. The second-order valence-electron chi connectivity index (χ2n) is 5.12. The molecule has 2 N–H and O–H groups in total. The van der Waals surface area contributed by atoms with E-state index in [9.17, 15) is 0 Å². The van der Waals surface area contributed by atoms with Gasteiger partial charge in [-0.25, -0.2) is 9.98 Å². The Morgan fingerprint density at radius 1 is 1.17 bits per heavy atom. The molecule has 0 radical (unpaired) electrons. The summed E-state index contributed by atoms with van der Waals surface area (Å²) in [5, 5.41) is 9.65. The summed E-state index contributed by atoms with van der Waals surface area (Å²) in [6, 6.07) is 14.0. The molecule has 2 aromatic heterocycles. The predicted octanol–water partition coefficient (Wildman–Crippen LogP) is 3.66. The Hall–Kier alpha value is -2.60. The van der Waals surface area contributed by atoms with Gasteiger partial charge in [-0.1, -0.05) is 30.3 Å². The molecule has 0 amide bonds. The van der Waals surface area contributed by atoms with Gasteiger partial charge in [0, 0.05) is 17.5 Å². The molecule has 124 valence electrons. The Kier molecular flexibility index (Phi) is 5.63. The molecule has 2 heterocycles. The third-order valence-electron chi connectivity index (χ3n) is 3.35. The monoisotopic (exact) mass is 340 g/mol. The highest BCUT2D eigenvalue weighted by Crippen LogP contribution is 2.21. The van der Waals surface area contributed by atoms with Crippen LogP contribution in [0.15, 0.2) is 63.5 Å². The zero-order valence-corrected chi connectivity index (χ0v) is 14.3. The van der Waals surface area contributed by atoms with Gasteiger partial charge < -0.3 is 15.1 Å². The second-order valence-corrected chi connectivity index (χ2v) is 6.06. The van der Waals surface area contributed by atoms with E-state index < -0.39 is 0 Å². The van der Waals surface area contributed by atoms with E-state index in [1.807, 2.05) is 37.3 Å². The fourth-order valence-electron chi connectivity index (χ4n) is 2.19. The van der Waals surface area contributed by atoms with Crippen molar-refractivity contribution in [1.82, 2.24) is 15.6 Å². The molecular weight excluding hydrogens is 320 g/mol. The maximum absolute atomic E-state index is 5.30. The van der Waals surface area contributed by atoms with E-state index in [4.69, 9.17) is 4.42 Å². The van der Waals surface area contributed by atoms with E-state index in [1.54, 1.807) is 17.6 Å². The Balaban J connectivity index is 1.60. The van der Waals surface area contributed by atoms with Crippen molar-refractivity contribution in [2.24, 2.45) is 4.99 Å². The highest BCUT2D eigenvalue weighted by atomic mass is 32.1. The highest BCUT2D eigenvalue weighted by Gasteiger charge is 2.05. The SMILES string of the molecule is CCNC(=NCc1ccco1)NCc1nc(-c2ccccc2)cs1. The van der Waals surface area contributed by atoms with Crippen LogP contribution in [0.5, 0.6) is 0 Å². The number of guanidine groups is 1. The molecule has 0 atom stereocenters. The number of benzene rings is 1. The predicted molar refractivity (Wildman–Crippen MR) is 97.9 cm³/mol. The molecule has 3 aromatic rings. The van der Waals surface area contributed by atoms with Crippen molar-refractivity contribution in [3.05, 3.63) is 64.9 Å². The van der Waals surface area contributed by atoms with Gasteiger partial charge in [0.1, 0.15) is 17.3 Å². The number of aromatic nitrogens is 1. The zero-order valence-electron chi connectivity index (χ0n) is 13.5. The average Bonchev–Trinajstić information content (AvgIpc) is 3.30. The lowest BCUT2D eigenvalue weighted by Crippen LogP contribution is -2.36. The average molecular weight is 340 g/mol. The Labute approximate surface area is 145 Å². The molecule has 1 aromatic carbocycles. The van der Waals surface area contributed by atoms with Crippen LogP contribution in [0.25, 0.3) is 11.3 Å². The Bertz CT molecular complexity index is 765. The molecule has 0 bridgehead atoms.